The first kappa shape index (κ1) is 9.96. The van der Waals surface area contributed by atoms with Gasteiger partial charge in [-0.3, -0.25) is 4.68 Å². The molecule has 0 saturated heterocycles. The van der Waals surface area contributed by atoms with Crippen molar-refractivity contribution in [1.82, 2.24) is 9.78 Å². The van der Waals surface area contributed by atoms with Crippen LogP contribution in [0.25, 0.3) is 0 Å². The highest BCUT2D eigenvalue weighted by Gasteiger charge is 2.16. The highest BCUT2D eigenvalue weighted by molar-refractivity contribution is 6.33. The SMILES string of the molecule is CC(C)c1c(Cl)c(N=C=O)nn1C. The Morgan fingerprint density at radius 1 is 1.62 bits per heavy atom. The first-order valence-corrected chi connectivity index (χ1v) is 4.26. The summed E-state index contributed by atoms with van der Waals surface area (Å²) < 4.78 is 1.63. The van der Waals surface area contributed by atoms with E-state index >= 15 is 0 Å². The molecule has 0 aromatic carbocycles. The molecule has 0 saturated carbocycles. The Morgan fingerprint density at radius 3 is 2.62 bits per heavy atom. The van der Waals surface area contributed by atoms with Gasteiger partial charge in [-0.05, 0) is 5.92 Å². The van der Waals surface area contributed by atoms with Crippen LogP contribution in [-0.4, -0.2) is 15.9 Å². The van der Waals surface area contributed by atoms with Gasteiger partial charge in [-0.25, -0.2) is 4.79 Å². The smallest absolute Gasteiger partial charge is 0.242 e. The van der Waals surface area contributed by atoms with Crippen molar-refractivity contribution in [2.75, 3.05) is 0 Å². The maximum Gasteiger partial charge on any atom is 0.242 e. The summed E-state index contributed by atoms with van der Waals surface area (Å²) in [6.07, 6.45) is 1.42. The second kappa shape index (κ2) is 3.73. The molecule has 0 bridgehead atoms. The summed E-state index contributed by atoms with van der Waals surface area (Å²) in [5.41, 5.74) is 0.871. The van der Waals surface area contributed by atoms with Gasteiger partial charge in [-0.2, -0.15) is 5.10 Å². The largest absolute Gasteiger partial charge is 0.269 e. The Labute approximate surface area is 81.2 Å². The molecule has 1 rings (SSSR count). The maximum absolute atomic E-state index is 10.0. The van der Waals surface area contributed by atoms with Crippen molar-refractivity contribution in [3.05, 3.63) is 10.7 Å². The van der Waals surface area contributed by atoms with Crippen molar-refractivity contribution in [3.8, 4) is 0 Å². The Balaban J connectivity index is 3.30. The van der Waals surface area contributed by atoms with Crippen LogP contribution in [0.5, 0.6) is 0 Å². The molecule has 1 aromatic rings. The number of hydrogen-bond acceptors (Lipinski definition) is 3. The minimum absolute atomic E-state index is 0.239. The summed E-state index contributed by atoms with van der Waals surface area (Å²) in [6, 6.07) is 0. The summed E-state index contributed by atoms with van der Waals surface area (Å²) in [5, 5.41) is 4.41. The van der Waals surface area contributed by atoms with E-state index in [2.05, 4.69) is 10.1 Å². The van der Waals surface area contributed by atoms with Crippen LogP contribution in [0.4, 0.5) is 5.82 Å². The van der Waals surface area contributed by atoms with E-state index < -0.39 is 0 Å². The fourth-order valence-corrected chi connectivity index (χ4v) is 1.66. The topological polar surface area (TPSA) is 47.2 Å². The fourth-order valence-electron chi connectivity index (χ4n) is 1.24. The molecule has 1 heterocycles. The molecule has 0 unspecified atom stereocenters. The van der Waals surface area contributed by atoms with Crippen LogP contribution in [0.2, 0.25) is 5.02 Å². The molecule has 0 spiro atoms. The summed E-state index contributed by atoms with van der Waals surface area (Å²) in [4.78, 5) is 13.4. The number of rotatable bonds is 2. The molecule has 0 amide bonds. The van der Waals surface area contributed by atoms with Gasteiger partial charge in [-0.1, -0.05) is 25.4 Å². The lowest BCUT2D eigenvalue weighted by Gasteiger charge is -2.04. The highest BCUT2D eigenvalue weighted by Crippen LogP contribution is 2.31. The molecule has 5 heteroatoms. The number of aliphatic imine (C=N–C) groups is 1. The van der Waals surface area contributed by atoms with Crippen molar-refractivity contribution >= 4 is 23.5 Å². The summed E-state index contributed by atoms with van der Waals surface area (Å²) in [7, 11) is 1.77. The third-order valence-electron chi connectivity index (χ3n) is 1.71. The maximum atomic E-state index is 10.0. The summed E-state index contributed by atoms with van der Waals surface area (Å²) in [6.45, 7) is 3.99. The standard InChI is InChI=1S/C8H10ClN3O/c1-5(2)7-6(9)8(10-4-13)11-12(7)3/h5H,1-3H3. The van der Waals surface area contributed by atoms with Crippen LogP contribution in [0.1, 0.15) is 25.5 Å². The number of nitrogens with zero attached hydrogens (tertiary/aromatic N) is 3. The minimum Gasteiger partial charge on any atom is -0.269 e. The van der Waals surface area contributed by atoms with Crippen LogP contribution in [0.3, 0.4) is 0 Å². The predicted molar refractivity (Wildman–Crippen MR) is 50.1 cm³/mol. The normalized spacial score (nSPS) is 10.2. The Hall–Kier alpha value is -1.12. The van der Waals surface area contributed by atoms with Crippen LogP contribution in [-0.2, 0) is 11.8 Å². The van der Waals surface area contributed by atoms with Gasteiger partial charge in [-0.15, -0.1) is 4.99 Å². The first-order valence-electron chi connectivity index (χ1n) is 3.88. The number of aromatic nitrogens is 2. The third-order valence-corrected chi connectivity index (χ3v) is 2.08. The Kier molecular flexibility index (Phi) is 2.86. The van der Waals surface area contributed by atoms with Crippen LogP contribution in [0.15, 0.2) is 4.99 Å². The highest BCUT2D eigenvalue weighted by atomic mass is 35.5. The zero-order chi connectivity index (χ0) is 10.0. The average Bonchev–Trinajstić information content (AvgIpc) is 2.28. The van der Waals surface area contributed by atoms with Crippen molar-refractivity contribution in [2.45, 2.75) is 19.8 Å². The molecule has 0 radical (unpaired) electrons. The lowest BCUT2D eigenvalue weighted by atomic mass is 10.1. The number of carbonyl (C=O) groups excluding carboxylic acids is 1. The predicted octanol–water partition coefficient (Wildman–Crippen LogP) is 2.16. The van der Waals surface area contributed by atoms with Crippen molar-refractivity contribution in [1.29, 1.82) is 0 Å². The van der Waals surface area contributed by atoms with Gasteiger partial charge in [0.2, 0.25) is 11.9 Å². The molecule has 13 heavy (non-hydrogen) atoms. The quantitative estimate of drug-likeness (QED) is 0.541. The van der Waals surface area contributed by atoms with E-state index in [0.29, 0.717) is 5.02 Å². The van der Waals surface area contributed by atoms with Crippen molar-refractivity contribution in [3.63, 3.8) is 0 Å². The lowest BCUT2D eigenvalue weighted by molar-refractivity contribution is 0.565. The van der Waals surface area contributed by atoms with E-state index in [9.17, 15) is 4.79 Å². The van der Waals surface area contributed by atoms with Gasteiger partial charge < -0.3 is 0 Å². The van der Waals surface area contributed by atoms with Gasteiger partial charge in [0, 0.05) is 7.05 Å². The monoisotopic (exact) mass is 199 g/mol. The van der Waals surface area contributed by atoms with Crippen molar-refractivity contribution < 1.29 is 4.79 Å². The number of halogens is 1. The van der Waals surface area contributed by atoms with Crippen LogP contribution >= 0.6 is 11.6 Å². The zero-order valence-electron chi connectivity index (χ0n) is 7.71. The molecule has 0 fully saturated rings. The third kappa shape index (κ3) is 1.79. The Morgan fingerprint density at radius 2 is 2.23 bits per heavy atom. The van der Waals surface area contributed by atoms with E-state index in [-0.39, 0.29) is 11.7 Å². The van der Waals surface area contributed by atoms with Gasteiger partial charge in [0.05, 0.1) is 5.69 Å². The second-order valence-corrected chi connectivity index (χ2v) is 3.38. The number of aryl methyl sites for hydroxylation is 1. The van der Waals surface area contributed by atoms with Gasteiger partial charge in [0.15, 0.2) is 0 Å². The molecule has 0 N–H and O–H groups in total. The van der Waals surface area contributed by atoms with E-state index in [1.807, 2.05) is 13.8 Å². The Bertz CT molecular complexity index is 364. The van der Waals surface area contributed by atoms with Crippen molar-refractivity contribution in [2.24, 2.45) is 12.0 Å². The molecule has 0 aliphatic heterocycles. The van der Waals surface area contributed by atoms with Gasteiger partial charge >= 0.3 is 0 Å². The molecule has 4 nitrogen and oxygen atoms in total. The average molecular weight is 200 g/mol. The molecule has 0 atom stereocenters. The van der Waals surface area contributed by atoms with E-state index in [1.165, 1.54) is 6.08 Å². The van der Waals surface area contributed by atoms with Gasteiger partial charge in [0.1, 0.15) is 5.02 Å². The lowest BCUT2D eigenvalue weighted by Crippen LogP contribution is -1.99. The molecule has 1 aromatic heterocycles. The second-order valence-electron chi connectivity index (χ2n) is 3.00. The van der Waals surface area contributed by atoms with E-state index in [1.54, 1.807) is 11.7 Å². The molecule has 70 valence electrons. The molecule has 0 aliphatic carbocycles. The molecular formula is C8H10ClN3O. The van der Waals surface area contributed by atoms with E-state index in [0.717, 1.165) is 5.69 Å². The fraction of sp³-hybridized carbons (Fsp3) is 0.500. The number of isocyanates is 1. The minimum atomic E-state index is 0.239. The summed E-state index contributed by atoms with van der Waals surface area (Å²) >= 11 is 5.95. The zero-order valence-corrected chi connectivity index (χ0v) is 8.46. The number of hydrogen-bond donors (Lipinski definition) is 0. The van der Waals surface area contributed by atoms with Crippen LogP contribution < -0.4 is 0 Å². The van der Waals surface area contributed by atoms with Gasteiger partial charge in [0.25, 0.3) is 0 Å². The first-order chi connectivity index (χ1) is 6.07. The van der Waals surface area contributed by atoms with Crippen LogP contribution in [0, 0.1) is 0 Å². The summed E-state index contributed by atoms with van der Waals surface area (Å²) in [5.74, 6) is 0.489. The van der Waals surface area contributed by atoms with E-state index in [4.69, 9.17) is 11.6 Å². The molecular weight excluding hydrogens is 190 g/mol. The molecule has 0 aliphatic rings.